The smallest absolute Gasteiger partial charge is 0.294 e. The van der Waals surface area contributed by atoms with Crippen LogP contribution in [0.4, 0.5) is 0 Å². The third-order valence-electron chi connectivity index (χ3n) is 0.565. The zero-order valence-corrected chi connectivity index (χ0v) is 5.70. The normalized spacial score (nSPS) is 10.9. The molecular formula is C2H6N2O5S. The second-order valence-electron chi connectivity index (χ2n) is 1.42. The Morgan fingerprint density at radius 2 is 2.10 bits per heavy atom. The molecule has 8 heteroatoms. The van der Waals surface area contributed by atoms with E-state index in [9.17, 15) is 18.5 Å². The molecule has 0 unspecified atom stereocenters. The summed E-state index contributed by atoms with van der Waals surface area (Å²) in [6.45, 7) is -0.522. The van der Waals surface area contributed by atoms with Crippen LogP contribution in [0.5, 0.6) is 0 Å². The maximum atomic E-state index is 10.1. The zero-order chi connectivity index (χ0) is 8.20. The molecule has 0 saturated carbocycles. The van der Waals surface area contributed by atoms with Gasteiger partial charge in [0.2, 0.25) is 10.0 Å². The summed E-state index contributed by atoms with van der Waals surface area (Å²) >= 11 is 0. The van der Waals surface area contributed by atoms with Gasteiger partial charge in [-0.2, -0.15) is 0 Å². The predicted molar refractivity (Wildman–Crippen MR) is 30.9 cm³/mol. The molecule has 0 aliphatic carbocycles. The van der Waals surface area contributed by atoms with Crippen molar-refractivity contribution in [3.63, 3.8) is 0 Å². The number of sulfonamides is 1. The van der Waals surface area contributed by atoms with E-state index >= 15 is 0 Å². The molecule has 0 aromatic heterocycles. The van der Waals surface area contributed by atoms with E-state index in [1.165, 1.54) is 0 Å². The Morgan fingerprint density at radius 1 is 1.60 bits per heavy atom. The van der Waals surface area contributed by atoms with E-state index in [2.05, 4.69) is 9.98 Å². The molecule has 0 aromatic rings. The van der Waals surface area contributed by atoms with Crippen LogP contribution in [0, 0.1) is 10.1 Å². The first-order valence-electron chi connectivity index (χ1n) is 2.19. The molecule has 0 aromatic carbocycles. The van der Waals surface area contributed by atoms with E-state index in [4.69, 9.17) is 0 Å². The molecule has 0 saturated heterocycles. The highest BCUT2D eigenvalue weighted by molar-refractivity contribution is 7.89. The van der Waals surface area contributed by atoms with Gasteiger partial charge in [0.05, 0.1) is 5.75 Å². The molecule has 0 heterocycles. The lowest BCUT2D eigenvalue weighted by Crippen LogP contribution is -2.21. The maximum absolute atomic E-state index is 10.1. The van der Waals surface area contributed by atoms with Gasteiger partial charge in [0.15, 0.2) is 0 Å². The lowest BCUT2D eigenvalue weighted by atomic mass is 10.9. The first kappa shape index (κ1) is 9.11. The summed E-state index contributed by atoms with van der Waals surface area (Å²) in [6.07, 6.45) is 0. The molecule has 0 rings (SSSR count). The van der Waals surface area contributed by atoms with E-state index in [0.717, 1.165) is 0 Å². The number of primary sulfonamides is 1. The quantitative estimate of drug-likeness (QED) is 0.406. The van der Waals surface area contributed by atoms with Gasteiger partial charge in [0.1, 0.15) is 6.61 Å². The summed E-state index contributed by atoms with van der Waals surface area (Å²) in [5.74, 6) is -0.548. The average Bonchev–Trinajstić information content (AvgIpc) is 1.59. The van der Waals surface area contributed by atoms with Gasteiger partial charge in [-0.1, -0.05) is 0 Å². The van der Waals surface area contributed by atoms with Crippen LogP contribution in [0.3, 0.4) is 0 Å². The zero-order valence-electron chi connectivity index (χ0n) is 4.89. The minimum Gasteiger partial charge on any atom is -0.313 e. The minimum atomic E-state index is -3.65. The van der Waals surface area contributed by atoms with Crippen molar-refractivity contribution in [1.29, 1.82) is 0 Å². The molecule has 0 amide bonds. The lowest BCUT2D eigenvalue weighted by molar-refractivity contribution is -0.756. The molecule has 60 valence electrons. The Kier molecular flexibility index (Phi) is 3.03. The van der Waals surface area contributed by atoms with Crippen molar-refractivity contribution >= 4 is 10.0 Å². The molecule has 2 N–H and O–H groups in total. The van der Waals surface area contributed by atoms with Crippen molar-refractivity contribution in [2.75, 3.05) is 12.4 Å². The van der Waals surface area contributed by atoms with Crippen LogP contribution < -0.4 is 5.14 Å². The topological polar surface area (TPSA) is 113 Å². The fraction of sp³-hybridized carbons (Fsp3) is 1.00. The number of nitrogens with zero attached hydrogens (tertiary/aromatic N) is 1. The second-order valence-corrected chi connectivity index (χ2v) is 3.16. The highest BCUT2D eigenvalue weighted by Gasteiger charge is 2.03. The van der Waals surface area contributed by atoms with Crippen molar-refractivity contribution in [3.8, 4) is 0 Å². The average molecular weight is 170 g/mol. The summed E-state index contributed by atoms with van der Waals surface area (Å²) in [5.41, 5.74) is 0. The Labute approximate surface area is 56.9 Å². The summed E-state index contributed by atoms with van der Waals surface area (Å²) in [7, 11) is -3.65. The van der Waals surface area contributed by atoms with Crippen LogP contribution in [0.15, 0.2) is 0 Å². The molecule has 10 heavy (non-hydrogen) atoms. The van der Waals surface area contributed by atoms with Gasteiger partial charge in [-0.25, -0.2) is 13.6 Å². The van der Waals surface area contributed by atoms with Crippen molar-refractivity contribution in [2.24, 2.45) is 5.14 Å². The third-order valence-corrected chi connectivity index (χ3v) is 1.30. The fourth-order valence-electron chi connectivity index (χ4n) is 0.228. The van der Waals surface area contributed by atoms with Crippen LogP contribution in [0.25, 0.3) is 0 Å². The first-order valence-corrected chi connectivity index (χ1v) is 3.91. The van der Waals surface area contributed by atoms with E-state index < -0.39 is 27.5 Å². The number of rotatable bonds is 4. The van der Waals surface area contributed by atoms with Crippen LogP contribution in [0.2, 0.25) is 0 Å². The molecule has 0 aliphatic heterocycles. The molecular weight excluding hydrogens is 164 g/mol. The van der Waals surface area contributed by atoms with Gasteiger partial charge in [0, 0.05) is 0 Å². The summed E-state index contributed by atoms with van der Waals surface area (Å²) in [4.78, 5) is 13.1. The second kappa shape index (κ2) is 3.32. The molecule has 0 fully saturated rings. The van der Waals surface area contributed by atoms with Crippen LogP contribution in [-0.2, 0) is 14.9 Å². The van der Waals surface area contributed by atoms with Gasteiger partial charge in [-0.05, 0) is 0 Å². The number of nitrogens with two attached hydrogens (primary N) is 1. The first-order chi connectivity index (χ1) is 4.42. The van der Waals surface area contributed by atoms with Crippen molar-refractivity contribution in [2.45, 2.75) is 0 Å². The van der Waals surface area contributed by atoms with Gasteiger partial charge < -0.3 is 4.84 Å². The van der Waals surface area contributed by atoms with E-state index in [-0.39, 0.29) is 0 Å². The molecule has 0 radical (unpaired) electrons. The molecule has 0 bridgehead atoms. The SMILES string of the molecule is NS(=O)(=O)CCO[N+](=O)[O-]. The highest BCUT2D eigenvalue weighted by atomic mass is 32.2. The van der Waals surface area contributed by atoms with Crippen molar-refractivity contribution in [3.05, 3.63) is 10.1 Å². The van der Waals surface area contributed by atoms with E-state index in [1.54, 1.807) is 0 Å². The molecule has 0 aliphatic rings. The molecule has 7 nitrogen and oxygen atoms in total. The minimum absolute atomic E-state index is 0.522. The van der Waals surface area contributed by atoms with Gasteiger partial charge in [-0.3, -0.25) is 0 Å². The largest absolute Gasteiger partial charge is 0.313 e. The predicted octanol–water partition coefficient (Wildman–Crippen LogP) is -1.52. The monoisotopic (exact) mass is 170 g/mol. The van der Waals surface area contributed by atoms with Crippen LogP contribution >= 0.6 is 0 Å². The highest BCUT2D eigenvalue weighted by Crippen LogP contribution is 1.79. The van der Waals surface area contributed by atoms with E-state index in [1.807, 2.05) is 0 Å². The Hall–Kier alpha value is -0.890. The fourth-order valence-corrected chi connectivity index (χ4v) is 0.535. The lowest BCUT2D eigenvalue weighted by Gasteiger charge is -1.94. The third kappa shape index (κ3) is 7.11. The summed E-state index contributed by atoms with van der Waals surface area (Å²) in [5, 5.41) is 12.8. The Morgan fingerprint density at radius 3 is 2.40 bits per heavy atom. The number of hydrogen-bond donors (Lipinski definition) is 1. The molecule has 0 atom stereocenters. The maximum Gasteiger partial charge on any atom is 0.294 e. The van der Waals surface area contributed by atoms with Crippen LogP contribution in [-0.4, -0.2) is 25.9 Å². The Balaban J connectivity index is 3.49. The summed E-state index contributed by atoms with van der Waals surface area (Å²) < 4.78 is 20.2. The van der Waals surface area contributed by atoms with E-state index in [0.29, 0.717) is 0 Å². The van der Waals surface area contributed by atoms with Gasteiger partial charge in [-0.15, -0.1) is 10.1 Å². The Bertz CT molecular complexity index is 208. The van der Waals surface area contributed by atoms with Gasteiger partial charge >= 0.3 is 0 Å². The van der Waals surface area contributed by atoms with Crippen molar-refractivity contribution < 1.29 is 18.3 Å². The molecule has 0 spiro atoms. The van der Waals surface area contributed by atoms with Gasteiger partial charge in [0.25, 0.3) is 5.09 Å². The summed E-state index contributed by atoms with van der Waals surface area (Å²) in [6, 6.07) is 0. The van der Waals surface area contributed by atoms with Crippen LogP contribution in [0.1, 0.15) is 0 Å². The standard InChI is InChI=1S/C2H6N2O5S/c3-10(7,8)2-1-9-4(5)6/h1-2H2,(H2,3,7,8). The number of hydrogen-bond acceptors (Lipinski definition) is 5. The van der Waals surface area contributed by atoms with Crippen molar-refractivity contribution in [1.82, 2.24) is 0 Å².